The molecular formula is C18H23N3O2. The third kappa shape index (κ3) is 5.29. The average molecular weight is 313 g/mol. The van der Waals surface area contributed by atoms with Crippen LogP contribution in [0.5, 0.6) is 5.75 Å². The number of carbonyl (C=O) groups is 1. The van der Waals surface area contributed by atoms with E-state index in [-0.39, 0.29) is 11.4 Å². The van der Waals surface area contributed by atoms with Crippen molar-refractivity contribution in [3.8, 4) is 5.75 Å². The Bertz CT molecular complexity index is 661. The van der Waals surface area contributed by atoms with Gasteiger partial charge in [0.25, 0.3) is 5.91 Å². The van der Waals surface area contributed by atoms with Gasteiger partial charge in [0.15, 0.2) is 0 Å². The van der Waals surface area contributed by atoms with Crippen LogP contribution in [0.2, 0.25) is 0 Å². The summed E-state index contributed by atoms with van der Waals surface area (Å²) in [5, 5.41) is 6.20. The first kappa shape index (κ1) is 16.8. The molecule has 1 aromatic carbocycles. The standard InChI is InChI=1S/C18H23N3O2/c1-18(2,3)21-17(22)14-9-15(12-19-11-14)20-10-13-5-7-16(23-4)8-6-13/h5-9,11-12,20H,10H2,1-4H3,(H,21,22). The van der Waals surface area contributed by atoms with Crippen molar-refractivity contribution in [3.05, 3.63) is 53.9 Å². The van der Waals surface area contributed by atoms with Crippen LogP contribution in [0.3, 0.4) is 0 Å². The highest BCUT2D eigenvalue weighted by Crippen LogP contribution is 2.14. The number of carbonyl (C=O) groups excluding carboxylic acids is 1. The molecule has 0 unspecified atom stereocenters. The van der Waals surface area contributed by atoms with Crippen molar-refractivity contribution in [2.24, 2.45) is 0 Å². The van der Waals surface area contributed by atoms with Crippen molar-refractivity contribution < 1.29 is 9.53 Å². The molecule has 0 saturated heterocycles. The predicted molar refractivity (Wildman–Crippen MR) is 91.8 cm³/mol. The number of rotatable bonds is 5. The van der Waals surface area contributed by atoms with E-state index in [1.54, 1.807) is 25.6 Å². The average Bonchev–Trinajstić information content (AvgIpc) is 2.52. The van der Waals surface area contributed by atoms with Gasteiger partial charge in [0.2, 0.25) is 0 Å². The first-order chi connectivity index (χ1) is 10.9. The SMILES string of the molecule is COc1ccc(CNc2cncc(C(=O)NC(C)(C)C)c2)cc1. The molecule has 0 spiro atoms. The summed E-state index contributed by atoms with van der Waals surface area (Å²) >= 11 is 0. The maximum Gasteiger partial charge on any atom is 0.253 e. The van der Waals surface area contributed by atoms with Gasteiger partial charge in [0.1, 0.15) is 5.75 Å². The number of hydrogen-bond donors (Lipinski definition) is 2. The Morgan fingerprint density at radius 3 is 2.48 bits per heavy atom. The summed E-state index contributed by atoms with van der Waals surface area (Å²) in [4.78, 5) is 16.3. The van der Waals surface area contributed by atoms with Gasteiger partial charge in [-0.2, -0.15) is 0 Å². The monoisotopic (exact) mass is 313 g/mol. The zero-order valence-corrected chi connectivity index (χ0v) is 14.0. The summed E-state index contributed by atoms with van der Waals surface area (Å²) in [6.45, 7) is 6.49. The second-order valence-corrected chi connectivity index (χ2v) is 6.37. The van der Waals surface area contributed by atoms with Gasteiger partial charge in [-0.25, -0.2) is 0 Å². The van der Waals surface area contributed by atoms with Crippen molar-refractivity contribution in [1.29, 1.82) is 0 Å². The maximum atomic E-state index is 12.2. The molecule has 0 fully saturated rings. The number of aromatic nitrogens is 1. The molecule has 5 heteroatoms. The van der Waals surface area contributed by atoms with E-state index in [2.05, 4.69) is 15.6 Å². The summed E-state index contributed by atoms with van der Waals surface area (Å²) in [6, 6.07) is 9.63. The van der Waals surface area contributed by atoms with Crippen LogP contribution in [0.4, 0.5) is 5.69 Å². The maximum absolute atomic E-state index is 12.2. The first-order valence-corrected chi connectivity index (χ1v) is 7.52. The van der Waals surface area contributed by atoms with E-state index in [0.29, 0.717) is 12.1 Å². The molecule has 0 aliphatic heterocycles. The fourth-order valence-corrected chi connectivity index (χ4v) is 2.02. The van der Waals surface area contributed by atoms with Gasteiger partial charge >= 0.3 is 0 Å². The molecule has 2 rings (SSSR count). The van der Waals surface area contributed by atoms with Crippen molar-refractivity contribution in [1.82, 2.24) is 10.3 Å². The highest BCUT2D eigenvalue weighted by atomic mass is 16.5. The highest BCUT2D eigenvalue weighted by Gasteiger charge is 2.15. The van der Waals surface area contributed by atoms with E-state index in [0.717, 1.165) is 17.0 Å². The number of benzene rings is 1. The van der Waals surface area contributed by atoms with Gasteiger partial charge in [-0.3, -0.25) is 9.78 Å². The number of amides is 1. The smallest absolute Gasteiger partial charge is 0.253 e. The minimum atomic E-state index is -0.274. The van der Waals surface area contributed by atoms with Crippen molar-refractivity contribution in [2.45, 2.75) is 32.9 Å². The largest absolute Gasteiger partial charge is 0.497 e. The lowest BCUT2D eigenvalue weighted by Crippen LogP contribution is -2.40. The molecule has 122 valence electrons. The topological polar surface area (TPSA) is 63.2 Å². The Morgan fingerprint density at radius 1 is 1.17 bits per heavy atom. The van der Waals surface area contributed by atoms with E-state index in [1.807, 2.05) is 45.0 Å². The lowest BCUT2D eigenvalue weighted by atomic mass is 10.1. The van der Waals surface area contributed by atoms with E-state index >= 15 is 0 Å². The summed E-state index contributed by atoms with van der Waals surface area (Å²) in [5.41, 5.74) is 2.20. The molecule has 0 radical (unpaired) electrons. The van der Waals surface area contributed by atoms with Crippen LogP contribution in [-0.2, 0) is 6.54 Å². The Kier molecular flexibility index (Phi) is 5.21. The lowest BCUT2D eigenvalue weighted by molar-refractivity contribution is 0.0919. The number of methoxy groups -OCH3 is 1. The Morgan fingerprint density at radius 2 is 1.87 bits per heavy atom. The van der Waals surface area contributed by atoms with Crippen LogP contribution >= 0.6 is 0 Å². The van der Waals surface area contributed by atoms with Gasteiger partial charge in [-0.05, 0) is 44.5 Å². The quantitative estimate of drug-likeness (QED) is 0.889. The minimum Gasteiger partial charge on any atom is -0.497 e. The Hall–Kier alpha value is -2.56. The molecule has 23 heavy (non-hydrogen) atoms. The second-order valence-electron chi connectivity index (χ2n) is 6.37. The van der Waals surface area contributed by atoms with Gasteiger partial charge in [0.05, 0.1) is 18.4 Å². The van der Waals surface area contributed by atoms with E-state index in [4.69, 9.17) is 4.74 Å². The molecule has 5 nitrogen and oxygen atoms in total. The summed E-state index contributed by atoms with van der Waals surface area (Å²) in [5.74, 6) is 0.703. The highest BCUT2D eigenvalue weighted by molar-refractivity contribution is 5.95. The van der Waals surface area contributed by atoms with Crippen LogP contribution < -0.4 is 15.4 Å². The lowest BCUT2D eigenvalue weighted by Gasteiger charge is -2.20. The molecule has 0 atom stereocenters. The van der Waals surface area contributed by atoms with Crippen LogP contribution in [0.1, 0.15) is 36.7 Å². The third-order valence-corrected chi connectivity index (χ3v) is 3.14. The fourth-order valence-electron chi connectivity index (χ4n) is 2.02. The van der Waals surface area contributed by atoms with E-state index in [1.165, 1.54) is 0 Å². The van der Waals surface area contributed by atoms with Gasteiger partial charge in [0, 0.05) is 24.5 Å². The zero-order chi connectivity index (χ0) is 16.9. The number of pyridine rings is 1. The van der Waals surface area contributed by atoms with Crippen LogP contribution in [0, 0.1) is 0 Å². The van der Waals surface area contributed by atoms with Gasteiger partial charge in [-0.15, -0.1) is 0 Å². The van der Waals surface area contributed by atoms with Crippen LogP contribution in [0.25, 0.3) is 0 Å². The molecule has 1 heterocycles. The van der Waals surface area contributed by atoms with Crippen LogP contribution in [-0.4, -0.2) is 23.5 Å². The number of nitrogens with one attached hydrogen (secondary N) is 2. The normalized spacial score (nSPS) is 11.0. The summed E-state index contributed by atoms with van der Waals surface area (Å²) < 4.78 is 5.14. The Labute approximate surface area is 137 Å². The number of anilines is 1. The molecule has 2 aromatic rings. The van der Waals surface area contributed by atoms with E-state index < -0.39 is 0 Å². The second kappa shape index (κ2) is 7.13. The Balaban J connectivity index is 2.00. The number of hydrogen-bond acceptors (Lipinski definition) is 4. The molecule has 1 aromatic heterocycles. The molecule has 0 saturated carbocycles. The van der Waals surface area contributed by atoms with Crippen molar-refractivity contribution in [3.63, 3.8) is 0 Å². The summed E-state index contributed by atoms with van der Waals surface area (Å²) in [7, 11) is 1.65. The van der Waals surface area contributed by atoms with Gasteiger partial charge in [-0.1, -0.05) is 12.1 Å². The number of nitrogens with zero attached hydrogens (tertiary/aromatic N) is 1. The zero-order valence-electron chi connectivity index (χ0n) is 14.0. The molecule has 2 N–H and O–H groups in total. The fraction of sp³-hybridized carbons (Fsp3) is 0.333. The summed E-state index contributed by atoms with van der Waals surface area (Å²) in [6.07, 6.45) is 3.27. The third-order valence-electron chi connectivity index (χ3n) is 3.14. The number of ether oxygens (including phenoxy) is 1. The van der Waals surface area contributed by atoms with Crippen LogP contribution in [0.15, 0.2) is 42.7 Å². The van der Waals surface area contributed by atoms with Crippen molar-refractivity contribution >= 4 is 11.6 Å². The van der Waals surface area contributed by atoms with Gasteiger partial charge < -0.3 is 15.4 Å². The molecule has 0 bridgehead atoms. The van der Waals surface area contributed by atoms with Crippen molar-refractivity contribution in [2.75, 3.05) is 12.4 Å². The molecule has 0 aliphatic carbocycles. The molecule has 0 aliphatic rings. The minimum absolute atomic E-state index is 0.127. The first-order valence-electron chi connectivity index (χ1n) is 7.52. The predicted octanol–water partition coefficient (Wildman–Crippen LogP) is 3.23. The molecular weight excluding hydrogens is 290 g/mol. The molecule has 1 amide bonds. The van der Waals surface area contributed by atoms with E-state index in [9.17, 15) is 4.79 Å².